The van der Waals surface area contributed by atoms with Crippen LogP contribution in [0, 0.1) is 0 Å². The highest BCUT2D eigenvalue weighted by molar-refractivity contribution is 6.34. The molecule has 0 heterocycles. The third-order valence-electron chi connectivity index (χ3n) is 3.25. The van der Waals surface area contributed by atoms with Gasteiger partial charge in [-0.15, -0.1) is 0 Å². The van der Waals surface area contributed by atoms with E-state index in [0.717, 1.165) is 13.0 Å². The van der Waals surface area contributed by atoms with Crippen molar-refractivity contribution in [2.75, 3.05) is 13.2 Å². The van der Waals surface area contributed by atoms with E-state index in [1.807, 2.05) is 6.92 Å². The van der Waals surface area contributed by atoms with Gasteiger partial charge in [0.05, 0.1) is 5.02 Å². The summed E-state index contributed by atoms with van der Waals surface area (Å²) in [6, 6.07) is 5.59. The maximum absolute atomic E-state index is 6.10. The number of hydrogen-bond acceptors (Lipinski definition) is 3. The van der Waals surface area contributed by atoms with Crippen molar-refractivity contribution in [3.8, 4) is 5.75 Å². The first-order chi connectivity index (χ1) is 9.15. The van der Waals surface area contributed by atoms with Crippen LogP contribution in [0.5, 0.6) is 5.75 Å². The Bertz CT molecular complexity index is 428. The zero-order valence-electron chi connectivity index (χ0n) is 11.2. The van der Waals surface area contributed by atoms with E-state index < -0.39 is 0 Å². The number of hydrogen-bond donors (Lipinski definition) is 1. The van der Waals surface area contributed by atoms with E-state index in [9.17, 15) is 0 Å². The van der Waals surface area contributed by atoms with Gasteiger partial charge in [0.25, 0.3) is 0 Å². The fourth-order valence-electron chi connectivity index (χ4n) is 2.31. The smallest absolute Gasteiger partial charge is 0.139 e. The van der Waals surface area contributed by atoms with Crippen LogP contribution in [0.3, 0.4) is 0 Å². The fourth-order valence-corrected chi connectivity index (χ4v) is 2.63. The van der Waals surface area contributed by atoms with Crippen molar-refractivity contribution in [3.63, 3.8) is 0 Å². The van der Waals surface area contributed by atoms with Gasteiger partial charge in [0.1, 0.15) is 18.0 Å². The number of likely N-dealkylation sites (N-methyl/N-ethyl adjacent to an activating group) is 1. The van der Waals surface area contributed by atoms with Crippen LogP contribution in [0.4, 0.5) is 0 Å². The van der Waals surface area contributed by atoms with E-state index in [0.29, 0.717) is 28.4 Å². The van der Waals surface area contributed by atoms with Gasteiger partial charge in [0.15, 0.2) is 0 Å². The second kappa shape index (κ2) is 6.80. The van der Waals surface area contributed by atoms with Gasteiger partial charge in [-0.3, -0.25) is 0 Å². The van der Waals surface area contributed by atoms with Crippen LogP contribution < -0.4 is 10.1 Å². The van der Waals surface area contributed by atoms with Crippen LogP contribution in [-0.2, 0) is 4.74 Å². The minimum atomic E-state index is 0.0277. The molecule has 5 heteroatoms. The second-order valence-corrected chi connectivity index (χ2v) is 5.39. The van der Waals surface area contributed by atoms with Crippen molar-refractivity contribution in [1.82, 2.24) is 5.32 Å². The van der Waals surface area contributed by atoms with E-state index in [2.05, 4.69) is 12.2 Å². The third kappa shape index (κ3) is 3.54. The first-order valence-corrected chi connectivity index (χ1v) is 7.38. The lowest BCUT2D eigenvalue weighted by Gasteiger charge is -2.44. The van der Waals surface area contributed by atoms with Gasteiger partial charge >= 0.3 is 0 Å². The summed E-state index contributed by atoms with van der Waals surface area (Å²) in [5, 5.41) is 4.59. The number of halogens is 2. The van der Waals surface area contributed by atoms with Crippen molar-refractivity contribution < 1.29 is 9.47 Å². The highest BCUT2D eigenvalue weighted by Crippen LogP contribution is 2.34. The predicted molar refractivity (Wildman–Crippen MR) is 78.4 cm³/mol. The normalized spacial score (nSPS) is 26.0. The SMILES string of the molecule is CCNC1CC(Oc2cc(Cl)ccc2Cl)C1OCC. The molecule has 3 atom stereocenters. The molecule has 1 aromatic carbocycles. The molecule has 106 valence electrons. The Labute approximate surface area is 124 Å². The molecule has 1 fully saturated rings. The van der Waals surface area contributed by atoms with Gasteiger partial charge in [-0.2, -0.15) is 0 Å². The van der Waals surface area contributed by atoms with Crippen LogP contribution in [0.15, 0.2) is 18.2 Å². The molecule has 3 unspecified atom stereocenters. The van der Waals surface area contributed by atoms with Crippen LogP contribution >= 0.6 is 23.2 Å². The van der Waals surface area contributed by atoms with Crippen LogP contribution in [0.25, 0.3) is 0 Å². The molecule has 1 aliphatic rings. The molecule has 2 rings (SSSR count). The molecule has 1 saturated carbocycles. The fraction of sp³-hybridized carbons (Fsp3) is 0.571. The highest BCUT2D eigenvalue weighted by Gasteiger charge is 2.43. The Hall–Kier alpha value is -0.480. The summed E-state index contributed by atoms with van der Waals surface area (Å²) in [5.41, 5.74) is 0. The monoisotopic (exact) mass is 303 g/mol. The lowest BCUT2D eigenvalue weighted by Crippen LogP contribution is -2.61. The van der Waals surface area contributed by atoms with Gasteiger partial charge in [0, 0.05) is 30.2 Å². The van der Waals surface area contributed by atoms with Gasteiger partial charge in [-0.1, -0.05) is 30.1 Å². The van der Waals surface area contributed by atoms with Crippen LogP contribution in [-0.4, -0.2) is 31.4 Å². The molecule has 1 aromatic rings. The Morgan fingerprint density at radius 3 is 2.79 bits per heavy atom. The summed E-state index contributed by atoms with van der Waals surface area (Å²) in [4.78, 5) is 0. The van der Waals surface area contributed by atoms with Crippen molar-refractivity contribution >= 4 is 23.2 Å². The average Bonchev–Trinajstić information content (AvgIpc) is 2.38. The van der Waals surface area contributed by atoms with E-state index in [4.69, 9.17) is 32.7 Å². The quantitative estimate of drug-likeness (QED) is 0.872. The van der Waals surface area contributed by atoms with Gasteiger partial charge in [-0.25, -0.2) is 0 Å². The van der Waals surface area contributed by atoms with E-state index in [1.165, 1.54) is 0 Å². The molecular formula is C14H19Cl2NO2. The van der Waals surface area contributed by atoms with Crippen molar-refractivity contribution in [2.24, 2.45) is 0 Å². The number of benzene rings is 1. The molecule has 1 N–H and O–H groups in total. The largest absolute Gasteiger partial charge is 0.486 e. The Balaban J connectivity index is 2.00. The van der Waals surface area contributed by atoms with Crippen LogP contribution in [0.1, 0.15) is 20.3 Å². The van der Waals surface area contributed by atoms with Gasteiger partial charge < -0.3 is 14.8 Å². The first-order valence-electron chi connectivity index (χ1n) is 6.62. The standard InChI is InChI=1S/C14H19Cl2NO2/c1-3-17-11-8-13(14(11)18-4-2)19-12-7-9(15)5-6-10(12)16/h5-7,11,13-14,17H,3-4,8H2,1-2H3. The van der Waals surface area contributed by atoms with Crippen molar-refractivity contribution in [3.05, 3.63) is 28.2 Å². The molecule has 0 aliphatic heterocycles. The Morgan fingerprint density at radius 2 is 2.11 bits per heavy atom. The summed E-state index contributed by atoms with van der Waals surface area (Å²) in [6.45, 7) is 5.68. The molecule has 0 spiro atoms. The van der Waals surface area contributed by atoms with E-state index in [1.54, 1.807) is 18.2 Å². The third-order valence-corrected chi connectivity index (χ3v) is 3.79. The molecule has 0 radical (unpaired) electrons. The molecular weight excluding hydrogens is 285 g/mol. The van der Waals surface area contributed by atoms with Gasteiger partial charge in [0.2, 0.25) is 0 Å². The molecule has 0 aromatic heterocycles. The Morgan fingerprint density at radius 1 is 1.32 bits per heavy atom. The molecule has 3 nitrogen and oxygen atoms in total. The number of rotatable bonds is 6. The summed E-state index contributed by atoms with van der Waals surface area (Å²) >= 11 is 12.1. The van der Waals surface area contributed by atoms with E-state index >= 15 is 0 Å². The first kappa shape index (κ1) is 14.9. The molecule has 0 saturated heterocycles. The molecule has 19 heavy (non-hydrogen) atoms. The van der Waals surface area contributed by atoms with Crippen molar-refractivity contribution in [1.29, 1.82) is 0 Å². The number of ether oxygens (including phenoxy) is 2. The summed E-state index contributed by atoms with van der Waals surface area (Å²) in [7, 11) is 0. The molecule has 1 aliphatic carbocycles. The topological polar surface area (TPSA) is 30.5 Å². The van der Waals surface area contributed by atoms with E-state index in [-0.39, 0.29) is 12.2 Å². The minimum absolute atomic E-state index is 0.0277. The van der Waals surface area contributed by atoms with Gasteiger partial charge in [-0.05, 0) is 25.6 Å². The lowest BCUT2D eigenvalue weighted by molar-refractivity contribution is -0.104. The zero-order chi connectivity index (χ0) is 13.8. The lowest BCUT2D eigenvalue weighted by atomic mass is 9.85. The molecule has 0 bridgehead atoms. The summed E-state index contributed by atoms with van der Waals surface area (Å²) < 4.78 is 11.7. The van der Waals surface area contributed by atoms with Crippen LogP contribution in [0.2, 0.25) is 10.0 Å². The highest BCUT2D eigenvalue weighted by atomic mass is 35.5. The maximum Gasteiger partial charge on any atom is 0.139 e. The zero-order valence-corrected chi connectivity index (χ0v) is 12.7. The summed E-state index contributed by atoms with van der Waals surface area (Å²) in [5.74, 6) is 0.624. The summed E-state index contributed by atoms with van der Waals surface area (Å²) in [6.07, 6.45) is 1.02. The average molecular weight is 304 g/mol. The Kier molecular flexibility index (Phi) is 5.34. The predicted octanol–water partition coefficient (Wildman–Crippen LogP) is 3.53. The number of nitrogens with one attached hydrogen (secondary N) is 1. The second-order valence-electron chi connectivity index (χ2n) is 4.55. The molecule has 0 amide bonds. The minimum Gasteiger partial charge on any atom is -0.486 e. The van der Waals surface area contributed by atoms with Crippen molar-refractivity contribution in [2.45, 2.75) is 38.5 Å². The maximum atomic E-state index is 6.10.